The van der Waals surface area contributed by atoms with Gasteiger partial charge in [-0.15, -0.1) is 0 Å². The summed E-state index contributed by atoms with van der Waals surface area (Å²) in [6, 6.07) is 4.70. The summed E-state index contributed by atoms with van der Waals surface area (Å²) in [5.74, 6) is 0.616. The minimum absolute atomic E-state index is 0.0155. The van der Waals surface area contributed by atoms with E-state index < -0.39 is 11.9 Å². The summed E-state index contributed by atoms with van der Waals surface area (Å²) in [7, 11) is 0. The topological polar surface area (TPSA) is 84.8 Å². The van der Waals surface area contributed by atoms with E-state index in [1.165, 1.54) is 12.4 Å². The first kappa shape index (κ1) is 22.3. The Balaban J connectivity index is 1.28. The molecule has 176 valence electrons. The number of aliphatic hydroxyl groups is 1. The fourth-order valence-corrected chi connectivity index (χ4v) is 5.13. The zero-order valence-corrected chi connectivity index (χ0v) is 19.3. The Morgan fingerprint density at radius 2 is 2.03 bits per heavy atom. The molecule has 0 saturated carbocycles. The minimum atomic E-state index is -0.538. The molecule has 33 heavy (non-hydrogen) atoms. The van der Waals surface area contributed by atoms with Crippen molar-refractivity contribution in [3.05, 3.63) is 52.2 Å². The van der Waals surface area contributed by atoms with Gasteiger partial charge in [0, 0.05) is 51.4 Å². The van der Waals surface area contributed by atoms with Gasteiger partial charge in [-0.05, 0) is 30.0 Å². The second-order valence-corrected chi connectivity index (χ2v) is 9.50. The maximum Gasteiger partial charge on any atom is 0.320 e. The summed E-state index contributed by atoms with van der Waals surface area (Å²) >= 11 is 5.95. The number of aliphatic hydroxyl groups excluding tert-OH is 1. The number of piperazine rings is 1. The molecule has 2 amide bonds. The van der Waals surface area contributed by atoms with E-state index in [1.54, 1.807) is 12.1 Å². The molecule has 1 aliphatic carbocycles. The molecule has 0 radical (unpaired) electrons. The number of amides is 2. The van der Waals surface area contributed by atoms with E-state index in [2.05, 4.69) is 27.1 Å². The van der Waals surface area contributed by atoms with Crippen LogP contribution in [0.2, 0.25) is 5.02 Å². The molecule has 2 saturated heterocycles. The maximum absolute atomic E-state index is 13.6. The van der Waals surface area contributed by atoms with E-state index >= 15 is 0 Å². The minimum Gasteiger partial charge on any atom is -0.387 e. The predicted molar refractivity (Wildman–Crippen MR) is 123 cm³/mol. The van der Waals surface area contributed by atoms with Crippen molar-refractivity contribution < 1.29 is 14.3 Å². The SMILES string of the molecule is C[C@@H]1C[C@@H](O)c2ncnc(N3CCN(C(=O)N(Cc4ccc(F)c(Cl)c4)C4CNC4)CC3)c21. The van der Waals surface area contributed by atoms with Crippen LogP contribution in [0.15, 0.2) is 24.5 Å². The van der Waals surface area contributed by atoms with Crippen molar-refractivity contribution >= 4 is 23.4 Å². The fourth-order valence-electron chi connectivity index (χ4n) is 4.93. The van der Waals surface area contributed by atoms with Gasteiger partial charge in [0.2, 0.25) is 0 Å². The molecular formula is C23H28ClFN6O2. The van der Waals surface area contributed by atoms with E-state index in [1.807, 2.05) is 9.80 Å². The van der Waals surface area contributed by atoms with Gasteiger partial charge in [-0.2, -0.15) is 0 Å². The molecule has 0 spiro atoms. The van der Waals surface area contributed by atoms with Crippen LogP contribution < -0.4 is 10.2 Å². The van der Waals surface area contributed by atoms with Crippen molar-refractivity contribution in [2.75, 3.05) is 44.2 Å². The number of carbonyl (C=O) groups is 1. The van der Waals surface area contributed by atoms with Crippen LogP contribution in [-0.2, 0) is 6.54 Å². The van der Waals surface area contributed by atoms with Gasteiger partial charge in [0.15, 0.2) is 0 Å². The highest BCUT2D eigenvalue weighted by molar-refractivity contribution is 6.30. The molecule has 1 aromatic carbocycles. The molecule has 2 aliphatic heterocycles. The lowest BCUT2D eigenvalue weighted by Gasteiger charge is -2.43. The second kappa shape index (κ2) is 9.04. The van der Waals surface area contributed by atoms with Gasteiger partial charge in [-0.1, -0.05) is 24.6 Å². The number of rotatable bonds is 4. The molecule has 1 aromatic heterocycles. The summed E-state index contributed by atoms with van der Waals surface area (Å²) in [6.07, 6.45) is 1.65. The van der Waals surface area contributed by atoms with Crippen LogP contribution in [0.3, 0.4) is 0 Å². The van der Waals surface area contributed by atoms with E-state index in [9.17, 15) is 14.3 Å². The number of hydrogen-bond acceptors (Lipinski definition) is 6. The molecule has 2 atom stereocenters. The number of benzene rings is 1. The number of halogens is 2. The lowest BCUT2D eigenvalue weighted by Crippen LogP contribution is -2.62. The van der Waals surface area contributed by atoms with E-state index in [-0.39, 0.29) is 23.0 Å². The maximum atomic E-state index is 13.6. The third-order valence-corrected chi connectivity index (χ3v) is 7.20. The van der Waals surface area contributed by atoms with Crippen LogP contribution in [0.5, 0.6) is 0 Å². The smallest absolute Gasteiger partial charge is 0.320 e. The van der Waals surface area contributed by atoms with Crippen LogP contribution in [0.1, 0.15) is 42.2 Å². The molecule has 2 aromatic rings. The third kappa shape index (κ3) is 4.25. The number of nitrogens with one attached hydrogen (secondary N) is 1. The van der Waals surface area contributed by atoms with Crippen molar-refractivity contribution in [2.45, 2.75) is 38.0 Å². The zero-order valence-electron chi connectivity index (χ0n) is 18.5. The van der Waals surface area contributed by atoms with E-state index in [4.69, 9.17) is 11.6 Å². The third-order valence-electron chi connectivity index (χ3n) is 6.91. The van der Waals surface area contributed by atoms with Gasteiger partial charge < -0.3 is 25.1 Å². The number of anilines is 1. The van der Waals surface area contributed by atoms with Crippen molar-refractivity contribution in [2.24, 2.45) is 0 Å². The van der Waals surface area contributed by atoms with Crippen molar-refractivity contribution in [1.29, 1.82) is 0 Å². The van der Waals surface area contributed by atoms with E-state index in [0.717, 1.165) is 35.7 Å². The highest BCUT2D eigenvalue weighted by Crippen LogP contribution is 2.42. The van der Waals surface area contributed by atoms with Gasteiger partial charge in [0.25, 0.3) is 0 Å². The number of aromatic nitrogens is 2. The molecule has 5 rings (SSSR count). The highest BCUT2D eigenvalue weighted by atomic mass is 35.5. The van der Waals surface area contributed by atoms with Gasteiger partial charge in [0.1, 0.15) is 18.0 Å². The summed E-state index contributed by atoms with van der Waals surface area (Å²) in [5, 5.41) is 13.6. The Morgan fingerprint density at radius 1 is 1.27 bits per heavy atom. The van der Waals surface area contributed by atoms with Crippen LogP contribution in [0, 0.1) is 5.82 Å². The Morgan fingerprint density at radius 3 is 2.70 bits per heavy atom. The molecule has 2 fully saturated rings. The quantitative estimate of drug-likeness (QED) is 0.708. The highest BCUT2D eigenvalue weighted by Gasteiger charge is 2.36. The van der Waals surface area contributed by atoms with Gasteiger partial charge in [-0.25, -0.2) is 19.2 Å². The van der Waals surface area contributed by atoms with Gasteiger partial charge >= 0.3 is 6.03 Å². The summed E-state index contributed by atoms with van der Waals surface area (Å²) in [6.45, 7) is 6.45. The van der Waals surface area contributed by atoms with Crippen LogP contribution in [0.25, 0.3) is 0 Å². The first-order valence-corrected chi connectivity index (χ1v) is 11.8. The summed E-state index contributed by atoms with van der Waals surface area (Å²) in [5.41, 5.74) is 2.57. The average molecular weight is 475 g/mol. The Bertz CT molecular complexity index is 1040. The number of fused-ring (bicyclic) bond motifs is 1. The Hall–Kier alpha value is -2.49. The standard InChI is InChI=1S/C23H28ClFN6O2/c1-14-8-19(32)21-20(14)22(28-13-27-21)29-4-6-30(7-5-29)23(33)31(16-10-26-11-16)12-15-2-3-18(25)17(24)9-15/h2-3,9,13-14,16,19,26,32H,4-8,10-12H2,1H3/t14-,19-/m1/s1. The van der Waals surface area contributed by atoms with E-state index in [0.29, 0.717) is 39.1 Å². The number of urea groups is 1. The largest absolute Gasteiger partial charge is 0.387 e. The van der Waals surface area contributed by atoms with Crippen LogP contribution >= 0.6 is 11.6 Å². The van der Waals surface area contributed by atoms with Crippen molar-refractivity contribution in [3.63, 3.8) is 0 Å². The van der Waals surface area contributed by atoms with Crippen LogP contribution in [0.4, 0.5) is 15.0 Å². The predicted octanol–water partition coefficient (Wildman–Crippen LogP) is 2.53. The van der Waals surface area contributed by atoms with Gasteiger partial charge in [-0.3, -0.25) is 0 Å². The monoisotopic (exact) mass is 474 g/mol. The van der Waals surface area contributed by atoms with Crippen molar-refractivity contribution in [3.8, 4) is 0 Å². The first-order chi connectivity index (χ1) is 15.9. The number of hydrogen-bond donors (Lipinski definition) is 2. The average Bonchev–Trinajstić information content (AvgIpc) is 3.08. The number of carbonyl (C=O) groups excluding carboxylic acids is 1. The molecular weight excluding hydrogens is 447 g/mol. The Labute approximate surface area is 197 Å². The first-order valence-electron chi connectivity index (χ1n) is 11.4. The van der Waals surface area contributed by atoms with Crippen molar-refractivity contribution in [1.82, 2.24) is 25.1 Å². The van der Waals surface area contributed by atoms with Crippen LogP contribution in [-0.4, -0.2) is 76.2 Å². The lowest BCUT2D eigenvalue weighted by molar-refractivity contribution is 0.108. The molecule has 0 bridgehead atoms. The second-order valence-electron chi connectivity index (χ2n) is 9.09. The number of nitrogens with zero attached hydrogens (tertiary/aromatic N) is 5. The molecule has 3 aliphatic rings. The molecule has 0 unspecified atom stereocenters. The fraction of sp³-hybridized carbons (Fsp3) is 0.522. The molecule has 3 heterocycles. The lowest BCUT2D eigenvalue weighted by atomic mass is 10.1. The summed E-state index contributed by atoms with van der Waals surface area (Å²) < 4.78 is 13.6. The molecule has 2 N–H and O–H groups in total. The summed E-state index contributed by atoms with van der Waals surface area (Å²) in [4.78, 5) is 28.2. The normalized spacial score (nSPS) is 22.8. The Kier molecular flexibility index (Phi) is 6.11. The molecule has 8 nitrogen and oxygen atoms in total. The van der Waals surface area contributed by atoms with Gasteiger partial charge in [0.05, 0.1) is 22.9 Å². The molecule has 10 heteroatoms. The zero-order chi connectivity index (χ0) is 23.1.